The van der Waals surface area contributed by atoms with Crippen LogP contribution in [0, 0.1) is 22.2 Å². The molecule has 0 amide bonds. The Bertz CT molecular complexity index is 545. The van der Waals surface area contributed by atoms with Crippen LogP contribution in [0.3, 0.4) is 0 Å². The van der Waals surface area contributed by atoms with E-state index < -0.39 is 0 Å². The van der Waals surface area contributed by atoms with E-state index in [-0.39, 0.29) is 11.3 Å². The van der Waals surface area contributed by atoms with Crippen molar-refractivity contribution in [3.63, 3.8) is 0 Å². The highest BCUT2D eigenvalue weighted by atomic mass is 14.7. The lowest BCUT2D eigenvalue weighted by Gasteiger charge is -2.35. The van der Waals surface area contributed by atoms with Gasteiger partial charge in [0.15, 0.2) is 0 Å². The second-order valence-electron chi connectivity index (χ2n) is 7.01. The highest BCUT2D eigenvalue weighted by molar-refractivity contribution is 5.94. The molecule has 0 saturated heterocycles. The molecule has 0 atom stereocenters. The zero-order valence-corrected chi connectivity index (χ0v) is 14.3. The molecule has 0 aromatic heterocycles. The van der Waals surface area contributed by atoms with Crippen LogP contribution in [-0.4, -0.2) is 5.84 Å². The van der Waals surface area contributed by atoms with E-state index >= 15 is 0 Å². The van der Waals surface area contributed by atoms with Crippen LogP contribution in [0.15, 0.2) is 24.3 Å². The van der Waals surface area contributed by atoms with Gasteiger partial charge in [-0.25, -0.2) is 0 Å². The first-order valence-corrected chi connectivity index (χ1v) is 8.96. The van der Waals surface area contributed by atoms with Crippen molar-refractivity contribution in [3.05, 3.63) is 35.4 Å². The number of rotatable bonds is 7. The molecule has 1 aromatic carbocycles. The van der Waals surface area contributed by atoms with Gasteiger partial charge in [-0.15, -0.1) is 0 Å². The van der Waals surface area contributed by atoms with Crippen molar-refractivity contribution in [2.45, 2.75) is 70.6 Å². The molecule has 23 heavy (non-hydrogen) atoms. The summed E-state index contributed by atoms with van der Waals surface area (Å²) < 4.78 is 0. The Labute approximate surface area is 140 Å². The van der Waals surface area contributed by atoms with Gasteiger partial charge in [-0.1, -0.05) is 56.9 Å². The quantitative estimate of drug-likeness (QED) is 0.417. The molecule has 0 aliphatic heterocycles. The molecular formula is C20H29N3. The summed E-state index contributed by atoms with van der Waals surface area (Å²) >= 11 is 0. The monoisotopic (exact) mass is 311 g/mol. The zero-order chi connectivity index (χ0) is 16.7. The van der Waals surface area contributed by atoms with Crippen LogP contribution >= 0.6 is 0 Å². The molecule has 3 N–H and O–H groups in total. The van der Waals surface area contributed by atoms with Crippen LogP contribution in [0.1, 0.15) is 81.8 Å². The van der Waals surface area contributed by atoms with E-state index in [1.807, 2.05) is 12.1 Å². The van der Waals surface area contributed by atoms with Crippen LogP contribution in [0.4, 0.5) is 0 Å². The van der Waals surface area contributed by atoms with Crippen LogP contribution in [-0.2, 0) is 0 Å². The number of unbranched alkanes of at least 4 members (excludes halogenated alkanes) is 3. The Balaban J connectivity index is 1.91. The molecule has 0 spiro atoms. The maximum atomic E-state index is 9.66. The number of nitrogens with two attached hydrogens (primary N) is 1. The summed E-state index contributed by atoms with van der Waals surface area (Å²) in [5.74, 6) is 0.670. The molecule has 1 aromatic rings. The molecule has 124 valence electrons. The number of hydrogen-bond acceptors (Lipinski definition) is 2. The molecule has 1 fully saturated rings. The standard InChI is InChI=1S/C20H29N3/c1-2-3-4-5-12-20(15-21)13-10-17(11-14-20)16-6-8-18(9-7-16)19(22)23/h6-9,17H,2-5,10-14H2,1H3,(H3,22,23). The van der Waals surface area contributed by atoms with Gasteiger partial charge < -0.3 is 5.73 Å². The number of benzene rings is 1. The van der Waals surface area contributed by atoms with Gasteiger partial charge in [0.25, 0.3) is 0 Å². The summed E-state index contributed by atoms with van der Waals surface area (Å²) in [5.41, 5.74) is 7.54. The predicted octanol–water partition coefficient (Wildman–Crippen LogP) is 5.11. The van der Waals surface area contributed by atoms with Gasteiger partial charge in [0.05, 0.1) is 11.5 Å². The predicted molar refractivity (Wildman–Crippen MR) is 95.5 cm³/mol. The summed E-state index contributed by atoms with van der Waals surface area (Å²) in [6, 6.07) is 10.7. The largest absolute Gasteiger partial charge is 0.384 e. The van der Waals surface area contributed by atoms with Gasteiger partial charge in [-0.3, -0.25) is 5.41 Å². The number of nitrogen functional groups attached to an aromatic ring is 1. The molecule has 1 aliphatic rings. The van der Waals surface area contributed by atoms with Crippen molar-refractivity contribution in [1.29, 1.82) is 10.7 Å². The first-order chi connectivity index (χ1) is 11.1. The van der Waals surface area contributed by atoms with Crippen molar-refractivity contribution in [1.82, 2.24) is 0 Å². The van der Waals surface area contributed by atoms with Crippen molar-refractivity contribution < 1.29 is 0 Å². The van der Waals surface area contributed by atoms with Gasteiger partial charge in [0.2, 0.25) is 0 Å². The molecule has 1 saturated carbocycles. The fourth-order valence-corrected chi connectivity index (χ4v) is 3.75. The first-order valence-electron chi connectivity index (χ1n) is 8.96. The van der Waals surface area contributed by atoms with Crippen LogP contribution < -0.4 is 5.73 Å². The number of nitriles is 1. The van der Waals surface area contributed by atoms with E-state index in [1.54, 1.807) is 0 Å². The molecular weight excluding hydrogens is 282 g/mol. The van der Waals surface area contributed by atoms with Crippen molar-refractivity contribution in [2.24, 2.45) is 11.1 Å². The lowest BCUT2D eigenvalue weighted by molar-refractivity contribution is 0.223. The van der Waals surface area contributed by atoms with Gasteiger partial charge in [0, 0.05) is 5.56 Å². The summed E-state index contributed by atoms with van der Waals surface area (Å²) in [4.78, 5) is 0. The molecule has 3 nitrogen and oxygen atoms in total. The smallest absolute Gasteiger partial charge is 0.122 e. The Hall–Kier alpha value is -1.82. The van der Waals surface area contributed by atoms with Gasteiger partial charge in [-0.05, 0) is 43.6 Å². The van der Waals surface area contributed by atoms with E-state index in [0.29, 0.717) is 5.92 Å². The molecule has 0 radical (unpaired) electrons. The zero-order valence-electron chi connectivity index (χ0n) is 14.3. The summed E-state index contributed by atoms with van der Waals surface area (Å²) in [5, 5.41) is 17.1. The molecule has 2 rings (SSSR count). The minimum atomic E-state index is -0.0798. The number of nitrogens with zero attached hydrogens (tertiary/aromatic N) is 1. The van der Waals surface area contributed by atoms with E-state index in [0.717, 1.165) is 37.7 Å². The minimum absolute atomic E-state index is 0.0798. The normalized spacial score (nSPS) is 24.1. The lowest BCUT2D eigenvalue weighted by atomic mass is 9.67. The topological polar surface area (TPSA) is 73.7 Å². The highest BCUT2D eigenvalue weighted by Gasteiger charge is 2.35. The van der Waals surface area contributed by atoms with Gasteiger partial charge in [-0.2, -0.15) is 5.26 Å². The van der Waals surface area contributed by atoms with Crippen molar-refractivity contribution in [2.75, 3.05) is 0 Å². The SMILES string of the molecule is CCCCCCC1(C#N)CCC(c2ccc(C(=N)N)cc2)CC1. The minimum Gasteiger partial charge on any atom is -0.384 e. The molecule has 0 heterocycles. The average molecular weight is 311 g/mol. The maximum Gasteiger partial charge on any atom is 0.122 e. The summed E-state index contributed by atoms with van der Waals surface area (Å²) in [7, 11) is 0. The second-order valence-corrected chi connectivity index (χ2v) is 7.01. The molecule has 0 unspecified atom stereocenters. The average Bonchev–Trinajstić information content (AvgIpc) is 2.59. The summed E-state index contributed by atoms with van der Waals surface area (Å²) in [6.07, 6.45) is 10.3. The maximum absolute atomic E-state index is 9.66. The Morgan fingerprint density at radius 1 is 1.22 bits per heavy atom. The van der Waals surface area contributed by atoms with Crippen LogP contribution in [0.25, 0.3) is 0 Å². The Morgan fingerprint density at radius 3 is 2.39 bits per heavy atom. The Morgan fingerprint density at radius 2 is 1.87 bits per heavy atom. The fraction of sp³-hybridized carbons (Fsp3) is 0.600. The van der Waals surface area contributed by atoms with E-state index in [2.05, 4.69) is 25.1 Å². The van der Waals surface area contributed by atoms with Crippen LogP contribution in [0.2, 0.25) is 0 Å². The third-order valence-corrected chi connectivity index (χ3v) is 5.38. The number of nitrogens with one attached hydrogen (secondary N) is 1. The van der Waals surface area contributed by atoms with Crippen molar-refractivity contribution in [3.8, 4) is 6.07 Å². The Kier molecular flexibility index (Phi) is 6.21. The molecule has 1 aliphatic carbocycles. The van der Waals surface area contributed by atoms with Gasteiger partial charge >= 0.3 is 0 Å². The van der Waals surface area contributed by atoms with Crippen LogP contribution in [0.5, 0.6) is 0 Å². The first kappa shape index (κ1) is 17.5. The fourth-order valence-electron chi connectivity index (χ4n) is 3.75. The third-order valence-electron chi connectivity index (χ3n) is 5.38. The molecule has 0 bridgehead atoms. The second kappa shape index (κ2) is 8.15. The lowest BCUT2D eigenvalue weighted by Crippen LogP contribution is -2.25. The van der Waals surface area contributed by atoms with E-state index in [1.165, 1.54) is 31.2 Å². The van der Waals surface area contributed by atoms with Crippen molar-refractivity contribution >= 4 is 5.84 Å². The van der Waals surface area contributed by atoms with E-state index in [4.69, 9.17) is 11.1 Å². The molecule has 3 heteroatoms. The van der Waals surface area contributed by atoms with Gasteiger partial charge in [0.1, 0.15) is 5.84 Å². The number of hydrogen-bond donors (Lipinski definition) is 2. The third kappa shape index (κ3) is 4.58. The highest BCUT2D eigenvalue weighted by Crippen LogP contribution is 2.45. The summed E-state index contributed by atoms with van der Waals surface area (Å²) in [6.45, 7) is 2.22. The number of amidine groups is 1. The van der Waals surface area contributed by atoms with E-state index in [9.17, 15) is 5.26 Å².